The lowest BCUT2D eigenvalue weighted by Gasteiger charge is -2.34. The van der Waals surface area contributed by atoms with Crippen molar-refractivity contribution in [1.82, 2.24) is 15.1 Å². The van der Waals surface area contributed by atoms with E-state index in [-0.39, 0.29) is 6.03 Å². The lowest BCUT2D eigenvalue weighted by atomic mass is 10.2. The first-order chi connectivity index (χ1) is 10.7. The van der Waals surface area contributed by atoms with Gasteiger partial charge >= 0.3 is 6.03 Å². The highest BCUT2D eigenvalue weighted by Gasteiger charge is 2.20. The highest BCUT2D eigenvalue weighted by molar-refractivity contribution is 5.74. The molecule has 1 aliphatic heterocycles. The molecule has 1 fully saturated rings. The average Bonchev–Trinajstić information content (AvgIpc) is 2.58. The second kappa shape index (κ2) is 8.63. The van der Waals surface area contributed by atoms with Gasteiger partial charge in [0.2, 0.25) is 0 Å². The van der Waals surface area contributed by atoms with Crippen LogP contribution in [0.2, 0.25) is 0 Å². The minimum absolute atomic E-state index is 0.0333. The van der Waals surface area contributed by atoms with Crippen LogP contribution in [-0.4, -0.2) is 55.7 Å². The monoisotopic (exact) mass is 305 g/mol. The molecule has 0 aliphatic carbocycles. The molecule has 1 aromatic rings. The highest BCUT2D eigenvalue weighted by atomic mass is 16.5. The van der Waals surface area contributed by atoms with E-state index in [0.29, 0.717) is 6.54 Å². The molecule has 0 bridgehead atoms. The number of nitrogens with one attached hydrogen (secondary N) is 1. The van der Waals surface area contributed by atoms with Gasteiger partial charge in [0.25, 0.3) is 0 Å². The van der Waals surface area contributed by atoms with Crippen LogP contribution in [0.4, 0.5) is 4.79 Å². The summed E-state index contributed by atoms with van der Waals surface area (Å²) in [5.74, 6) is 0.832. The van der Waals surface area contributed by atoms with Crippen molar-refractivity contribution in [2.75, 3.05) is 39.8 Å². The fourth-order valence-electron chi connectivity index (χ4n) is 2.59. The molecule has 1 heterocycles. The van der Waals surface area contributed by atoms with Gasteiger partial charge in [-0.25, -0.2) is 4.79 Å². The molecule has 22 heavy (non-hydrogen) atoms. The zero-order chi connectivity index (χ0) is 15.8. The van der Waals surface area contributed by atoms with E-state index in [0.717, 1.165) is 44.0 Å². The van der Waals surface area contributed by atoms with Gasteiger partial charge in [-0.3, -0.25) is 4.90 Å². The van der Waals surface area contributed by atoms with Gasteiger partial charge in [-0.1, -0.05) is 25.5 Å². The molecule has 2 rings (SSSR count). The number of rotatable bonds is 6. The Kier molecular flexibility index (Phi) is 6.52. The number of amides is 2. The molecule has 2 amide bonds. The minimum Gasteiger partial charge on any atom is -0.497 e. The third-order valence-electron chi connectivity index (χ3n) is 4.09. The fraction of sp³-hybridized carbons (Fsp3) is 0.588. The Hall–Kier alpha value is -1.75. The number of urea groups is 1. The SMILES string of the molecule is CCCCN1CCN(C(=O)NCc2ccc(OC)cc2)CC1. The molecule has 0 unspecified atom stereocenters. The van der Waals surface area contributed by atoms with E-state index >= 15 is 0 Å². The van der Waals surface area contributed by atoms with Crippen molar-refractivity contribution in [1.29, 1.82) is 0 Å². The van der Waals surface area contributed by atoms with E-state index in [1.165, 1.54) is 12.8 Å². The Morgan fingerprint density at radius 3 is 2.45 bits per heavy atom. The van der Waals surface area contributed by atoms with Gasteiger partial charge in [0.1, 0.15) is 5.75 Å². The fourth-order valence-corrected chi connectivity index (χ4v) is 2.59. The first-order valence-corrected chi connectivity index (χ1v) is 8.11. The minimum atomic E-state index is 0.0333. The second-order valence-electron chi connectivity index (χ2n) is 5.69. The first-order valence-electron chi connectivity index (χ1n) is 8.11. The number of hydrogen-bond acceptors (Lipinski definition) is 3. The molecule has 1 saturated heterocycles. The number of ether oxygens (including phenoxy) is 1. The second-order valence-corrected chi connectivity index (χ2v) is 5.69. The first kappa shape index (κ1) is 16.6. The number of carbonyl (C=O) groups excluding carboxylic acids is 1. The maximum absolute atomic E-state index is 12.2. The van der Waals surface area contributed by atoms with Crippen molar-refractivity contribution < 1.29 is 9.53 Å². The molecule has 5 heteroatoms. The molecule has 122 valence electrons. The molecule has 0 atom stereocenters. The molecule has 0 aromatic heterocycles. The maximum atomic E-state index is 12.2. The predicted molar refractivity (Wildman–Crippen MR) is 88.2 cm³/mol. The summed E-state index contributed by atoms with van der Waals surface area (Å²) in [6.45, 7) is 7.52. The van der Waals surface area contributed by atoms with Crippen LogP contribution < -0.4 is 10.1 Å². The van der Waals surface area contributed by atoms with Crippen LogP contribution in [0, 0.1) is 0 Å². The smallest absolute Gasteiger partial charge is 0.317 e. The summed E-state index contributed by atoms with van der Waals surface area (Å²) in [5, 5.41) is 2.99. The quantitative estimate of drug-likeness (QED) is 0.877. The van der Waals surface area contributed by atoms with Crippen LogP contribution in [-0.2, 0) is 6.54 Å². The number of unbranched alkanes of at least 4 members (excludes halogenated alkanes) is 1. The number of nitrogens with zero attached hydrogens (tertiary/aromatic N) is 2. The van der Waals surface area contributed by atoms with E-state index < -0.39 is 0 Å². The van der Waals surface area contributed by atoms with Gasteiger partial charge in [-0.15, -0.1) is 0 Å². The summed E-state index contributed by atoms with van der Waals surface area (Å²) in [7, 11) is 1.65. The van der Waals surface area contributed by atoms with Gasteiger partial charge in [-0.05, 0) is 30.7 Å². The average molecular weight is 305 g/mol. The van der Waals surface area contributed by atoms with Gasteiger partial charge < -0.3 is 15.0 Å². The van der Waals surface area contributed by atoms with E-state index in [9.17, 15) is 4.79 Å². The van der Waals surface area contributed by atoms with Gasteiger partial charge in [-0.2, -0.15) is 0 Å². The van der Waals surface area contributed by atoms with Crippen LogP contribution in [0.15, 0.2) is 24.3 Å². The van der Waals surface area contributed by atoms with E-state index in [1.54, 1.807) is 7.11 Å². The van der Waals surface area contributed by atoms with E-state index in [2.05, 4.69) is 17.1 Å². The summed E-state index contributed by atoms with van der Waals surface area (Å²) in [6, 6.07) is 7.80. The molecule has 0 radical (unpaired) electrons. The van der Waals surface area contributed by atoms with Crippen molar-refractivity contribution >= 4 is 6.03 Å². The summed E-state index contributed by atoms with van der Waals surface area (Å²) in [5.41, 5.74) is 1.08. The number of hydrogen-bond donors (Lipinski definition) is 1. The van der Waals surface area contributed by atoms with Crippen molar-refractivity contribution in [3.05, 3.63) is 29.8 Å². The number of piperazine rings is 1. The third-order valence-corrected chi connectivity index (χ3v) is 4.09. The van der Waals surface area contributed by atoms with E-state index in [1.807, 2.05) is 29.2 Å². The van der Waals surface area contributed by atoms with E-state index in [4.69, 9.17) is 4.74 Å². The van der Waals surface area contributed by atoms with Crippen LogP contribution >= 0.6 is 0 Å². The maximum Gasteiger partial charge on any atom is 0.317 e. The molecule has 0 saturated carbocycles. The Labute approximate surface area is 133 Å². The topological polar surface area (TPSA) is 44.8 Å². The molecule has 1 aromatic carbocycles. The standard InChI is InChI=1S/C17H27N3O2/c1-3-4-9-19-10-12-20(13-11-19)17(21)18-14-15-5-7-16(22-2)8-6-15/h5-8H,3-4,9-14H2,1-2H3,(H,18,21). The lowest BCUT2D eigenvalue weighted by molar-refractivity contribution is 0.138. The Morgan fingerprint density at radius 1 is 1.18 bits per heavy atom. The highest BCUT2D eigenvalue weighted by Crippen LogP contribution is 2.11. The molecular weight excluding hydrogens is 278 g/mol. The van der Waals surface area contributed by atoms with Gasteiger partial charge in [0.05, 0.1) is 7.11 Å². The molecule has 5 nitrogen and oxygen atoms in total. The summed E-state index contributed by atoms with van der Waals surface area (Å²) < 4.78 is 5.13. The zero-order valence-corrected chi connectivity index (χ0v) is 13.7. The third kappa shape index (κ3) is 4.91. The Bertz CT molecular complexity index is 453. The van der Waals surface area contributed by atoms with Crippen molar-refractivity contribution in [3.63, 3.8) is 0 Å². The largest absolute Gasteiger partial charge is 0.497 e. The summed E-state index contributed by atoms with van der Waals surface area (Å²) >= 11 is 0. The predicted octanol–water partition coefficient (Wildman–Crippen LogP) is 2.32. The Morgan fingerprint density at radius 2 is 1.86 bits per heavy atom. The normalized spacial score (nSPS) is 15.6. The molecule has 1 aliphatic rings. The molecular formula is C17H27N3O2. The van der Waals surface area contributed by atoms with Crippen molar-refractivity contribution in [2.24, 2.45) is 0 Å². The number of carbonyl (C=O) groups is 1. The van der Waals surface area contributed by atoms with Crippen LogP contribution in [0.1, 0.15) is 25.3 Å². The van der Waals surface area contributed by atoms with Crippen LogP contribution in [0.3, 0.4) is 0 Å². The van der Waals surface area contributed by atoms with Gasteiger partial charge in [0.15, 0.2) is 0 Å². The molecule has 0 spiro atoms. The lowest BCUT2D eigenvalue weighted by Crippen LogP contribution is -2.51. The number of methoxy groups -OCH3 is 1. The Balaban J connectivity index is 1.71. The zero-order valence-electron chi connectivity index (χ0n) is 13.7. The summed E-state index contributed by atoms with van der Waals surface area (Å²) in [6.07, 6.45) is 2.46. The van der Waals surface area contributed by atoms with Gasteiger partial charge in [0, 0.05) is 32.7 Å². The van der Waals surface area contributed by atoms with Crippen molar-refractivity contribution in [3.8, 4) is 5.75 Å². The van der Waals surface area contributed by atoms with Crippen molar-refractivity contribution in [2.45, 2.75) is 26.3 Å². The summed E-state index contributed by atoms with van der Waals surface area (Å²) in [4.78, 5) is 16.5. The molecule has 1 N–H and O–H groups in total. The van der Waals surface area contributed by atoms with Crippen LogP contribution in [0.25, 0.3) is 0 Å². The van der Waals surface area contributed by atoms with Crippen LogP contribution in [0.5, 0.6) is 5.75 Å². The number of benzene rings is 1.